The van der Waals surface area contributed by atoms with E-state index in [1.54, 1.807) is 31.2 Å². The number of carbonyl (C=O) groups excluding carboxylic acids is 1. The Balaban J connectivity index is 2.49. The summed E-state index contributed by atoms with van der Waals surface area (Å²) < 4.78 is 5.22. The van der Waals surface area contributed by atoms with Gasteiger partial charge in [0.25, 0.3) is 11.9 Å². The molecule has 2 rings (SSSR count). The van der Waals surface area contributed by atoms with Gasteiger partial charge in [-0.1, -0.05) is 29.8 Å². The average Bonchev–Trinajstić information content (AvgIpc) is 2.42. The summed E-state index contributed by atoms with van der Waals surface area (Å²) in [5.41, 5.74) is 4.73. The number of rotatable bonds is 1. The normalized spacial score (nSPS) is 24.9. The second kappa shape index (κ2) is 3.24. The van der Waals surface area contributed by atoms with Gasteiger partial charge in [-0.25, -0.2) is 0 Å². The van der Waals surface area contributed by atoms with Gasteiger partial charge in [0.1, 0.15) is 0 Å². The first kappa shape index (κ1) is 9.98. The number of halogens is 1. The van der Waals surface area contributed by atoms with Crippen molar-refractivity contribution in [1.82, 2.24) is 0 Å². The van der Waals surface area contributed by atoms with Crippen molar-refractivity contribution < 1.29 is 9.53 Å². The monoisotopic (exact) mass is 224 g/mol. The van der Waals surface area contributed by atoms with Crippen molar-refractivity contribution in [3.05, 3.63) is 34.9 Å². The van der Waals surface area contributed by atoms with Crippen LogP contribution in [0.1, 0.15) is 12.5 Å². The van der Waals surface area contributed by atoms with Crippen molar-refractivity contribution in [3.63, 3.8) is 0 Å². The molecule has 0 spiro atoms. The van der Waals surface area contributed by atoms with E-state index < -0.39 is 11.5 Å². The molecular formula is C10H9ClN2O2. The molecule has 1 aliphatic rings. The molecule has 0 aromatic heterocycles. The third kappa shape index (κ3) is 1.47. The summed E-state index contributed by atoms with van der Waals surface area (Å²) in [6.07, 6.45) is 0. The lowest BCUT2D eigenvalue weighted by atomic mass is 9.95. The Labute approximate surface area is 91.7 Å². The lowest BCUT2D eigenvalue weighted by Crippen LogP contribution is -2.32. The van der Waals surface area contributed by atoms with Crippen molar-refractivity contribution in [3.8, 4) is 0 Å². The summed E-state index contributed by atoms with van der Waals surface area (Å²) in [6, 6.07) is 6.83. The summed E-state index contributed by atoms with van der Waals surface area (Å²) in [7, 11) is 0. The van der Waals surface area contributed by atoms with E-state index in [2.05, 4.69) is 4.99 Å². The summed E-state index contributed by atoms with van der Waals surface area (Å²) >= 11 is 5.98. The predicted molar refractivity (Wildman–Crippen MR) is 56.5 cm³/mol. The minimum Gasteiger partial charge on any atom is -0.444 e. The fraction of sp³-hybridized carbons (Fsp3) is 0.200. The van der Waals surface area contributed by atoms with Crippen LogP contribution in [0.5, 0.6) is 0 Å². The number of benzene rings is 1. The fourth-order valence-corrected chi connectivity index (χ4v) is 1.82. The van der Waals surface area contributed by atoms with E-state index in [4.69, 9.17) is 22.1 Å². The standard InChI is InChI=1S/C10H9ClN2O2/c1-10(8(14)13-9(12)15-10)6-4-2-3-5-7(6)11/h2-5H,1H3,(H2,12,13,14). The van der Waals surface area contributed by atoms with Gasteiger partial charge in [-0.15, -0.1) is 0 Å². The van der Waals surface area contributed by atoms with E-state index in [1.165, 1.54) is 0 Å². The number of carbonyl (C=O) groups is 1. The zero-order valence-corrected chi connectivity index (χ0v) is 8.78. The Morgan fingerprint density at radius 3 is 2.67 bits per heavy atom. The van der Waals surface area contributed by atoms with Crippen LogP contribution in [0.25, 0.3) is 0 Å². The van der Waals surface area contributed by atoms with E-state index in [1.807, 2.05) is 0 Å². The molecule has 4 nitrogen and oxygen atoms in total. The van der Waals surface area contributed by atoms with Crippen LogP contribution in [-0.2, 0) is 15.1 Å². The highest BCUT2D eigenvalue weighted by molar-refractivity contribution is 6.31. The highest BCUT2D eigenvalue weighted by atomic mass is 35.5. The molecule has 0 saturated carbocycles. The third-order valence-corrected chi connectivity index (χ3v) is 2.65. The van der Waals surface area contributed by atoms with E-state index >= 15 is 0 Å². The molecule has 1 heterocycles. The van der Waals surface area contributed by atoms with Gasteiger partial charge >= 0.3 is 0 Å². The zero-order valence-electron chi connectivity index (χ0n) is 8.03. The van der Waals surface area contributed by atoms with Crippen LogP contribution in [0.2, 0.25) is 5.02 Å². The summed E-state index contributed by atoms with van der Waals surface area (Å²) in [5, 5.41) is 0.457. The van der Waals surface area contributed by atoms with Crippen LogP contribution >= 0.6 is 11.6 Å². The molecule has 15 heavy (non-hydrogen) atoms. The van der Waals surface area contributed by atoms with Crippen molar-refractivity contribution >= 4 is 23.5 Å². The van der Waals surface area contributed by atoms with Gasteiger partial charge in [0.05, 0.1) is 0 Å². The Hall–Kier alpha value is -1.55. The number of hydrogen-bond donors (Lipinski definition) is 1. The Bertz CT molecular complexity index is 458. The van der Waals surface area contributed by atoms with Crippen molar-refractivity contribution in [2.24, 2.45) is 10.7 Å². The lowest BCUT2D eigenvalue weighted by molar-refractivity contribution is -0.130. The molecule has 1 aromatic carbocycles. The van der Waals surface area contributed by atoms with E-state index in [0.29, 0.717) is 10.6 Å². The van der Waals surface area contributed by atoms with Crippen LogP contribution < -0.4 is 5.73 Å². The number of nitrogens with zero attached hydrogens (tertiary/aromatic N) is 1. The van der Waals surface area contributed by atoms with Gasteiger partial charge in [-0.2, -0.15) is 4.99 Å². The van der Waals surface area contributed by atoms with Crippen molar-refractivity contribution in [2.75, 3.05) is 0 Å². The maximum atomic E-state index is 11.6. The minimum absolute atomic E-state index is 0.123. The topological polar surface area (TPSA) is 64.7 Å². The quantitative estimate of drug-likeness (QED) is 0.785. The van der Waals surface area contributed by atoms with Gasteiger partial charge in [0.2, 0.25) is 5.60 Å². The van der Waals surface area contributed by atoms with E-state index in [0.717, 1.165) is 0 Å². The third-order valence-electron chi connectivity index (χ3n) is 2.32. The first-order valence-electron chi connectivity index (χ1n) is 4.36. The van der Waals surface area contributed by atoms with Gasteiger partial charge in [0.15, 0.2) is 0 Å². The number of ether oxygens (including phenoxy) is 1. The molecule has 1 unspecified atom stereocenters. The average molecular weight is 225 g/mol. The highest BCUT2D eigenvalue weighted by Gasteiger charge is 2.44. The van der Waals surface area contributed by atoms with Crippen LogP contribution in [0, 0.1) is 0 Å². The first-order valence-corrected chi connectivity index (χ1v) is 4.74. The summed E-state index contributed by atoms with van der Waals surface area (Å²) in [6.45, 7) is 1.60. The van der Waals surface area contributed by atoms with Gasteiger partial charge < -0.3 is 10.5 Å². The number of aliphatic imine (C=N–C) groups is 1. The molecule has 78 valence electrons. The second-order valence-electron chi connectivity index (χ2n) is 3.37. The predicted octanol–water partition coefficient (Wildman–Crippen LogP) is 1.43. The summed E-state index contributed by atoms with van der Waals surface area (Å²) in [4.78, 5) is 15.1. The van der Waals surface area contributed by atoms with Crippen LogP contribution in [0.15, 0.2) is 29.3 Å². The van der Waals surface area contributed by atoms with E-state index in [-0.39, 0.29) is 6.02 Å². The van der Waals surface area contributed by atoms with Crippen LogP contribution in [-0.4, -0.2) is 11.9 Å². The Morgan fingerprint density at radius 2 is 2.13 bits per heavy atom. The number of amidine groups is 1. The molecule has 0 bridgehead atoms. The van der Waals surface area contributed by atoms with Crippen LogP contribution in [0.4, 0.5) is 0 Å². The van der Waals surface area contributed by atoms with Gasteiger partial charge in [-0.05, 0) is 13.0 Å². The van der Waals surface area contributed by atoms with Crippen LogP contribution in [0.3, 0.4) is 0 Å². The zero-order chi connectivity index (χ0) is 11.1. The number of amides is 1. The first-order chi connectivity index (χ1) is 7.04. The van der Waals surface area contributed by atoms with Gasteiger partial charge in [0, 0.05) is 10.6 Å². The number of hydrogen-bond acceptors (Lipinski definition) is 3. The lowest BCUT2D eigenvalue weighted by Gasteiger charge is -2.22. The SMILES string of the molecule is CC1(c2ccccc2Cl)OC(N)=NC1=O. The molecule has 0 saturated heterocycles. The molecule has 0 radical (unpaired) electrons. The molecule has 1 aromatic rings. The number of nitrogens with two attached hydrogens (primary N) is 1. The molecule has 5 heteroatoms. The smallest absolute Gasteiger partial charge is 0.298 e. The fourth-order valence-electron chi connectivity index (χ4n) is 1.50. The molecule has 1 amide bonds. The Kier molecular flexibility index (Phi) is 2.16. The minimum atomic E-state index is -1.19. The maximum absolute atomic E-state index is 11.6. The molecule has 1 aliphatic heterocycles. The molecule has 1 atom stereocenters. The van der Waals surface area contributed by atoms with E-state index in [9.17, 15) is 4.79 Å². The molecule has 2 N–H and O–H groups in total. The highest BCUT2D eigenvalue weighted by Crippen LogP contribution is 2.34. The molecule has 0 fully saturated rings. The second-order valence-corrected chi connectivity index (χ2v) is 3.78. The maximum Gasteiger partial charge on any atom is 0.298 e. The summed E-state index contributed by atoms with van der Waals surface area (Å²) in [5.74, 6) is -0.437. The molecule has 0 aliphatic carbocycles. The largest absolute Gasteiger partial charge is 0.444 e. The Morgan fingerprint density at radius 1 is 1.47 bits per heavy atom. The van der Waals surface area contributed by atoms with Crippen molar-refractivity contribution in [2.45, 2.75) is 12.5 Å². The van der Waals surface area contributed by atoms with Gasteiger partial charge in [-0.3, -0.25) is 4.79 Å². The van der Waals surface area contributed by atoms with Crippen molar-refractivity contribution in [1.29, 1.82) is 0 Å². The molecular weight excluding hydrogens is 216 g/mol.